The zero-order valence-corrected chi connectivity index (χ0v) is 11.2. The number of H-pyrrole nitrogens is 1. The molecule has 0 fully saturated rings. The van der Waals surface area contributed by atoms with E-state index in [0.717, 1.165) is 11.9 Å². The van der Waals surface area contributed by atoms with Gasteiger partial charge in [0, 0.05) is 30.1 Å². The lowest BCUT2D eigenvalue weighted by Gasteiger charge is -2.04. The van der Waals surface area contributed by atoms with Gasteiger partial charge in [-0.1, -0.05) is 18.2 Å². The minimum absolute atomic E-state index is 0.0145. The van der Waals surface area contributed by atoms with Gasteiger partial charge in [0.15, 0.2) is 0 Å². The number of rotatable bonds is 8. The molecule has 0 aliphatic rings. The molecule has 5 nitrogen and oxygen atoms in total. The van der Waals surface area contributed by atoms with E-state index in [1.54, 1.807) is 0 Å². The zero-order chi connectivity index (χ0) is 14.2. The number of para-hydroxylation sites is 1. The van der Waals surface area contributed by atoms with Gasteiger partial charge >= 0.3 is 0 Å². The Morgan fingerprint density at radius 1 is 1.35 bits per heavy atom. The van der Waals surface area contributed by atoms with E-state index in [-0.39, 0.29) is 5.91 Å². The summed E-state index contributed by atoms with van der Waals surface area (Å²) in [4.78, 5) is 24.7. The van der Waals surface area contributed by atoms with Gasteiger partial charge in [-0.05, 0) is 24.5 Å². The molecule has 2 N–H and O–H groups in total. The summed E-state index contributed by atoms with van der Waals surface area (Å²) in [5.41, 5.74) is 2.31. The van der Waals surface area contributed by atoms with E-state index in [1.165, 1.54) is 10.9 Å². The summed E-state index contributed by atoms with van der Waals surface area (Å²) in [5.74, 6) is -0.0145. The summed E-state index contributed by atoms with van der Waals surface area (Å²) in [6.45, 7) is 1.30. The fraction of sp³-hybridized carbons (Fsp3) is 0.333. The number of amides is 1. The molecule has 0 radical (unpaired) electrons. The highest BCUT2D eigenvalue weighted by molar-refractivity contribution is 5.83. The molecule has 0 saturated carbocycles. The van der Waals surface area contributed by atoms with Crippen LogP contribution in [0.3, 0.4) is 0 Å². The van der Waals surface area contributed by atoms with Gasteiger partial charge in [-0.25, -0.2) is 0 Å². The van der Waals surface area contributed by atoms with Gasteiger partial charge in [0.05, 0.1) is 6.61 Å². The lowest BCUT2D eigenvalue weighted by molar-refractivity contribution is -0.130. The summed E-state index contributed by atoms with van der Waals surface area (Å²) in [6.07, 6.45) is 3.70. The van der Waals surface area contributed by atoms with Crippen LogP contribution < -0.4 is 5.32 Å². The molecule has 0 saturated heterocycles. The van der Waals surface area contributed by atoms with Crippen LogP contribution in [0.5, 0.6) is 0 Å². The number of ether oxygens (including phenoxy) is 1. The van der Waals surface area contributed by atoms with Crippen molar-refractivity contribution >= 4 is 23.3 Å². The van der Waals surface area contributed by atoms with Gasteiger partial charge in [0.1, 0.15) is 0 Å². The Morgan fingerprint density at radius 2 is 2.20 bits per heavy atom. The molecule has 1 heterocycles. The molecule has 2 aromatic rings. The van der Waals surface area contributed by atoms with Crippen LogP contribution in [0.2, 0.25) is 0 Å². The third-order valence-corrected chi connectivity index (χ3v) is 3.13. The molecular formula is C15H18N2O3. The molecular weight excluding hydrogens is 256 g/mol. The van der Waals surface area contributed by atoms with E-state index in [0.29, 0.717) is 32.5 Å². The maximum atomic E-state index is 11.5. The second kappa shape index (κ2) is 7.33. The molecule has 0 aliphatic heterocycles. The topological polar surface area (TPSA) is 71.2 Å². The van der Waals surface area contributed by atoms with Crippen molar-refractivity contribution in [3.63, 3.8) is 0 Å². The van der Waals surface area contributed by atoms with Crippen LogP contribution in [0.4, 0.5) is 0 Å². The standard InChI is InChI=1S/C15H18N2O3/c18-11-20-9-3-6-15(19)16-8-7-12-10-17-14-5-2-1-4-13(12)14/h1-2,4-5,10-11,17H,3,6-9H2,(H,16,19). The molecule has 1 amide bonds. The number of hydrogen-bond acceptors (Lipinski definition) is 3. The van der Waals surface area contributed by atoms with Crippen molar-refractivity contribution in [2.24, 2.45) is 0 Å². The Hall–Kier alpha value is -2.30. The summed E-state index contributed by atoms with van der Waals surface area (Å²) >= 11 is 0. The third kappa shape index (κ3) is 3.85. The van der Waals surface area contributed by atoms with Gasteiger partial charge in [-0.3, -0.25) is 9.59 Å². The number of aromatic amines is 1. The van der Waals surface area contributed by atoms with Gasteiger partial charge in [-0.15, -0.1) is 0 Å². The molecule has 0 atom stereocenters. The van der Waals surface area contributed by atoms with Crippen molar-refractivity contribution in [2.45, 2.75) is 19.3 Å². The monoisotopic (exact) mass is 274 g/mol. The maximum absolute atomic E-state index is 11.5. The van der Waals surface area contributed by atoms with Crippen LogP contribution in [0, 0.1) is 0 Å². The Morgan fingerprint density at radius 3 is 3.05 bits per heavy atom. The van der Waals surface area contributed by atoms with Crippen molar-refractivity contribution in [3.8, 4) is 0 Å². The maximum Gasteiger partial charge on any atom is 0.293 e. The molecule has 1 aromatic heterocycles. The molecule has 2 rings (SSSR count). The average molecular weight is 274 g/mol. The minimum atomic E-state index is -0.0145. The number of hydrogen-bond donors (Lipinski definition) is 2. The van der Waals surface area contributed by atoms with Crippen LogP contribution in [0.15, 0.2) is 30.5 Å². The molecule has 1 aromatic carbocycles. The first-order chi connectivity index (χ1) is 9.81. The van der Waals surface area contributed by atoms with Gasteiger partial charge in [0.25, 0.3) is 6.47 Å². The Kier molecular flexibility index (Phi) is 5.17. The summed E-state index contributed by atoms with van der Waals surface area (Å²) in [7, 11) is 0. The third-order valence-electron chi connectivity index (χ3n) is 3.13. The molecule has 0 unspecified atom stereocenters. The van der Waals surface area contributed by atoms with Crippen molar-refractivity contribution in [1.82, 2.24) is 10.3 Å². The highest BCUT2D eigenvalue weighted by Gasteiger charge is 2.04. The molecule has 5 heteroatoms. The first kappa shape index (κ1) is 14.1. The quantitative estimate of drug-likeness (QED) is 0.569. The van der Waals surface area contributed by atoms with E-state index in [9.17, 15) is 9.59 Å². The molecule has 20 heavy (non-hydrogen) atoms. The Labute approximate surface area is 117 Å². The number of fused-ring (bicyclic) bond motifs is 1. The summed E-state index contributed by atoms with van der Waals surface area (Å²) in [6, 6.07) is 8.10. The normalized spacial score (nSPS) is 10.4. The zero-order valence-electron chi connectivity index (χ0n) is 11.2. The second-order valence-electron chi connectivity index (χ2n) is 4.53. The Bertz CT molecular complexity index is 577. The van der Waals surface area contributed by atoms with Crippen LogP contribution in [0.1, 0.15) is 18.4 Å². The molecule has 0 bridgehead atoms. The van der Waals surface area contributed by atoms with E-state index in [2.05, 4.69) is 21.1 Å². The van der Waals surface area contributed by atoms with Gasteiger partial charge in [0.2, 0.25) is 5.91 Å². The molecule has 0 aliphatic carbocycles. The van der Waals surface area contributed by atoms with Gasteiger partial charge in [-0.2, -0.15) is 0 Å². The van der Waals surface area contributed by atoms with E-state index < -0.39 is 0 Å². The average Bonchev–Trinajstić information content (AvgIpc) is 2.87. The fourth-order valence-corrected chi connectivity index (χ4v) is 2.13. The van der Waals surface area contributed by atoms with Crippen LogP contribution in [-0.4, -0.2) is 30.5 Å². The van der Waals surface area contributed by atoms with Crippen molar-refractivity contribution in [1.29, 1.82) is 0 Å². The lowest BCUT2D eigenvalue weighted by atomic mass is 10.1. The van der Waals surface area contributed by atoms with Crippen molar-refractivity contribution in [2.75, 3.05) is 13.2 Å². The van der Waals surface area contributed by atoms with Crippen molar-refractivity contribution in [3.05, 3.63) is 36.0 Å². The number of carbonyl (C=O) groups is 2. The molecule has 0 spiro atoms. The van der Waals surface area contributed by atoms with Gasteiger partial charge < -0.3 is 15.0 Å². The van der Waals surface area contributed by atoms with E-state index in [1.807, 2.05) is 24.4 Å². The fourth-order valence-electron chi connectivity index (χ4n) is 2.13. The number of carbonyl (C=O) groups excluding carboxylic acids is 2. The first-order valence-electron chi connectivity index (χ1n) is 6.68. The predicted octanol–water partition coefficient (Wildman–Crippen LogP) is 1.78. The largest absolute Gasteiger partial charge is 0.468 e. The minimum Gasteiger partial charge on any atom is -0.468 e. The molecule has 106 valence electrons. The summed E-state index contributed by atoms with van der Waals surface area (Å²) in [5, 5.41) is 4.06. The van der Waals surface area contributed by atoms with Crippen LogP contribution in [0.25, 0.3) is 10.9 Å². The first-order valence-corrected chi connectivity index (χ1v) is 6.68. The summed E-state index contributed by atoms with van der Waals surface area (Å²) < 4.78 is 4.53. The van der Waals surface area contributed by atoms with Crippen LogP contribution in [-0.2, 0) is 20.7 Å². The lowest BCUT2D eigenvalue weighted by Crippen LogP contribution is -2.25. The number of benzene rings is 1. The van der Waals surface area contributed by atoms with E-state index in [4.69, 9.17) is 0 Å². The predicted molar refractivity (Wildman–Crippen MR) is 76.3 cm³/mol. The number of aromatic nitrogens is 1. The highest BCUT2D eigenvalue weighted by Crippen LogP contribution is 2.17. The van der Waals surface area contributed by atoms with E-state index >= 15 is 0 Å². The number of nitrogens with one attached hydrogen (secondary N) is 2. The highest BCUT2D eigenvalue weighted by atomic mass is 16.5. The SMILES string of the molecule is O=COCCCC(=O)NCCc1c[nH]c2ccccc12. The van der Waals surface area contributed by atoms with Crippen molar-refractivity contribution < 1.29 is 14.3 Å². The Balaban J connectivity index is 1.73. The smallest absolute Gasteiger partial charge is 0.293 e. The van der Waals surface area contributed by atoms with Crippen LogP contribution >= 0.6 is 0 Å². The second-order valence-corrected chi connectivity index (χ2v) is 4.53.